The van der Waals surface area contributed by atoms with Gasteiger partial charge in [-0.05, 0) is 36.8 Å². The molecule has 80 valence electrons. The number of nitrogens with zero attached hydrogens (tertiary/aromatic N) is 1. The molecule has 2 nitrogen and oxygen atoms in total. The minimum Gasteiger partial charge on any atom is -0.389 e. The number of hydrogen-bond acceptors (Lipinski definition) is 3. The zero-order valence-electron chi connectivity index (χ0n) is 9.03. The zero-order valence-corrected chi connectivity index (χ0v) is 9.84. The van der Waals surface area contributed by atoms with Gasteiger partial charge in [0.1, 0.15) is 0 Å². The van der Waals surface area contributed by atoms with E-state index in [1.807, 2.05) is 12.1 Å². The average molecular weight is 221 g/mol. The van der Waals surface area contributed by atoms with Crippen molar-refractivity contribution in [3.05, 3.63) is 29.3 Å². The molecule has 0 saturated carbocycles. The predicted octanol–water partition coefficient (Wildman–Crippen LogP) is 3.11. The maximum Gasteiger partial charge on any atom is 0.0992 e. The molecule has 0 aliphatic carbocycles. The molecule has 0 amide bonds. The van der Waals surface area contributed by atoms with Crippen molar-refractivity contribution in [2.24, 2.45) is 0 Å². The first kappa shape index (κ1) is 12.1. The van der Waals surface area contributed by atoms with Gasteiger partial charge in [0, 0.05) is 4.90 Å². The highest BCUT2D eigenvalue weighted by Crippen LogP contribution is 2.28. The molecule has 0 spiro atoms. The fraction of sp³-hybridized carbons (Fsp3) is 0.417. The third-order valence-electron chi connectivity index (χ3n) is 2.05. The number of hydrogen-bond donors (Lipinski definition) is 1. The van der Waals surface area contributed by atoms with E-state index in [0.717, 1.165) is 22.6 Å². The molecule has 3 heteroatoms. The van der Waals surface area contributed by atoms with Crippen LogP contribution in [0, 0.1) is 11.3 Å². The lowest BCUT2D eigenvalue weighted by molar-refractivity contribution is 0.196. The molecule has 0 aromatic heterocycles. The molecule has 0 heterocycles. The molecule has 0 radical (unpaired) electrons. The number of thioether (sulfide) groups is 1. The largest absolute Gasteiger partial charge is 0.389 e. The van der Waals surface area contributed by atoms with Gasteiger partial charge in [-0.2, -0.15) is 5.26 Å². The number of nitriles is 1. The molecule has 1 aromatic carbocycles. The highest BCUT2D eigenvalue weighted by Gasteiger charge is 2.08. The third kappa shape index (κ3) is 3.26. The van der Waals surface area contributed by atoms with Gasteiger partial charge >= 0.3 is 0 Å². The lowest BCUT2D eigenvalue weighted by Crippen LogP contribution is -1.95. The van der Waals surface area contributed by atoms with Crippen LogP contribution in [0.5, 0.6) is 0 Å². The van der Waals surface area contributed by atoms with Gasteiger partial charge < -0.3 is 5.11 Å². The first-order chi connectivity index (χ1) is 7.19. The van der Waals surface area contributed by atoms with Gasteiger partial charge in [-0.15, -0.1) is 11.8 Å². The van der Waals surface area contributed by atoms with Gasteiger partial charge in [0.2, 0.25) is 0 Å². The van der Waals surface area contributed by atoms with Crippen LogP contribution < -0.4 is 0 Å². The quantitative estimate of drug-likeness (QED) is 0.794. The summed E-state index contributed by atoms with van der Waals surface area (Å²) in [4.78, 5) is 1.02. The Labute approximate surface area is 94.9 Å². The summed E-state index contributed by atoms with van der Waals surface area (Å²) in [5.74, 6) is 1.01. The monoisotopic (exact) mass is 221 g/mol. The molecule has 1 N–H and O–H groups in total. The molecule has 15 heavy (non-hydrogen) atoms. The van der Waals surface area contributed by atoms with Crippen LogP contribution in [-0.4, -0.2) is 10.9 Å². The second-order valence-electron chi connectivity index (χ2n) is 3.39. The topological polar surface area (TPSA) is 44.0 Å². The maximum atomic E-state index is 9.57. The van der Waals surface area contributed by atoms with Crippen molar-refractivity contribution in [3.63, 3.8) is 0 Å². The Hall–Kier alpha value is -0.980. The van der Waals surface area contributed by atoms with Crippen molar-refractivity contribution in [1.29, 1.82) is 5.26 Å². The average Bonchev–Trinajstić information content (AvgIpc) is 2.25. The third-order valence-corrected chi connectivity index (χ3v) is 3.33. The Bertz CT molecular complexity index is 368. The van der Waals surface area contributed by atoms with Crippen molar-refractivity contribution in [2.45, 2.75) is 31.3 Å². The molecule has 1 rings (SSSR count). The van der Waals surface area contributed by atoms with Crippen LogP contribution >= 0.6 is 11.8 Å². The van der Waals surface area contributed by atoms with E-state index in [9.17, 15) is 5.11 Å². The van der Waals surface area contributed by atoms with Crippen molar-refractivity contribution >= 4 is 11.8 Å². The summed E-state index contributed by atoms with van der Waals surface area (Å²) in [5.41, 5.74) is 1.56. The standard InChI is InChI=1S/C12H15NOS/c1-3-6-15-12-7-10(8-13)4-5-11(12)9(2)14/h4-5,7,9,14H,3,6H2,1-2H3/t9-/m0/s1. The Morgan fingerprint density at radius 2 is 2.27 bits per heavy atom. The van der Waals surface area contributed by atoms with E-state index in [0.29, 0.717) is 5.56 Å². The lowest BCUT2D eigenvalue weighted by atomic mass is 10.1. The van der Waals surface area contributed by atoms with Gasteiger partial charge in [0.25, 0.3) is 0 Å². The highest BCUT2D eigenvalue weighted by atomic mass is 32.2. The molecule has 0 aliphatic rings. The molecule has 0 fully saturated rings. The lowest BCUT2D eigenvalue weighted by Gasteiger charge is -2.11. The summed E-state index contributed by atoms with van der Waals surface area (Å²) in [5, 5.41) is 18.4. The predicted molar refractivity (Wildman–Crippen MR) is 62.8 cm³/mol. The van der Waals surface area contributed by atoms with Crippen LogP contribution in [0.1, 0.15) is 37.5 Å². The minimum absolute atomic E-state index is 0.475. The van der Waals surface area contributed by atoms with Gasteiger partial charge in [-0.1, -0.05) is 13.0 Å². The van der Waals surface area contributed by atoms with Crippen molar-refractivity contribution in [2.75, 3.05) is 5.75 Å². The van der Waals surface area contributed by atoms with E-state index in [1.165, 1.54) is 0 Å². The van der Waals surface area contributed by atoms with Crippen LogP contribution in [0.15, 0.2) is 23.1 Å². The smallest absolute Gasteiger partial charge is 0.0992 e. The number of rotatable bonds is 4. The normalized spacial score (nSPS) is 12.1. The maximum absolute atomic E-state index is 9.57. The fourth-order valence-corrected chi connectivity index (χ4v) is 2.33. The van der Waals surface area contributed by atoms with Gasteiger partial charge in [0.05, 0.1) is 17.7 Å². The van der Waals surface area contributed by atoms with Crippen LogP contribution in [0.4, 0.5) is 0 Å². The van der Waals surface area contributed by atoms with Crippen LogP contribution in [0.25, 0.3) is 0 Å². The summed E-state index contributed by atoms with van der Waals surface area (Å²) in [6.45, 7) is 3.86. The SMILES string of the molecule is CCCSc1cc(C#N)ccc1[C@H](C)O. The Morgan fingerprint density at radius 3 is 2.80 bits per heavy atom. The van der Waals surface area contributed by atoms with E-state index in [4.69, 9.17) is 5.26 Å². The van der Waals surface area contributed by atoms with Crippen LogP contribution in [0.3, 0.4) is 0 Å². The van der Waals surface area contributed by atoms with Gasteiger partial charge in [0.15, 0.2) is 0 Å². The molecule has 1 atom stereocenters. The fourth-order valence-electron chi connectivity index (χ4n) is 1.29. The molecule has 0 unspecified atom stereocenters. The molecule has 0 aliphatic heterocycles. The second kappa shape index (κ2) is 5.79. The zero-order chi connectivity index (χ0) is 11.3. The second-order valence-corrected chi connectivity index (χ2v) is 4.53. The molecular weight excluding hydrogens is 206 g/mol. The molecule has 0 saturated heterocycles. The number of aliphatic hydroxyl groups excluding tert-OH is 1. The Balaban J connectivity index is 3.01. The van der Waals surface area contributed by atoms with E-state index >= 15 is 0 Å². The van der Waals surface area contributed by atoms with E-state index in [-0.39, 0.29) is 0 Å². The minimum atomic E-state index is -0.475. The van der Waals surface area contributed by atoms with Crippen molar-refractivity contribution < 1.29 is 5.11 Å². The molecule has 1 aromatic rings. The summed E-state index contributed by atoms with van der Waals surface area (Å²) >= 11 is 1.69. The van der Waals surface area contributed by atoms with Crippen LogP contribution in [-0.2, 0) is 0 Å². The summed E-state index contributed by atoms with van der Waals surface area (Å²) < 4.78 is 0. The molecule has 0 bridgehead atoms. The Morgan fingerprint density at radius 1 is 1.53 bits per heavy atom. The first-order valence-corrected chi connectivity index (χ1v) is 6.02. The number of benzene rings is 1. The van der Waals surface area contributed by atoms with Crippen molar-refractivity contribution in [1.82, 2.24) is 0 Å². The van der Waals surface area contributed by atoms with E-state index in [1.54, 1.807) is 24.8 Å². The Kier molecular flexibility index (Phi) is 4.67. The molecular formula is C12H15NOS. The summed E-state index contributed by atoms with van der Waals surface area (Å²) in [6, 6.07) is 7.55. The highest BCUT2D eigenvalue weighted by molar-refractivity contribution is 7.99. The van der Waals surface area contributed by atoms with Gasteiger partial charge in [-0.25, -0.2) is 0 Å². The summed E-state index contributed by atoms with van der Waals surface area (Å²) in [6.07, 6.45) is 0.609. The van der Waals surface area contributed by atoms with E-state index < -0.39 is 6.10 Å². The van der Waals surface area contributed by atoms with E-state index in [2.05, 4.69) is 13.0 Å². The van der Waals surface area contributed by atoms with Crippen LogP contribution in [0.2, 0.25) is 0 Å². The summed E-state index contributed by atoms with van der Waals surface area (Å²) in [7, 11) is 0. The van der Waals surface area contributed by atoms with Gasteiger partial charge in [-0.3, -0.25) is 0 Å². The first-order valence-electron chi connectivity index (χ1n) is 5.04. The van der Waals surface area contributed by atoms with Crippen molar-refractivity contribution in [3.8, 4) is 6.07 Å². The number of aliphatic hydroxyl groups is 1.